The molecule has 0 saturated heterocycles. The zero-order valence-electron chi connectivity index (χ0n) is 12.2. The number of halogens is 2. The number of rotatable bonds is 6. The van der Waals surface area contributed by atoms with Gasteiger partial charge in [0.05, 0.1) is 19.1 Å². The van der Waals surface area contributed by atoms with Gasteiger partial charge in [0.1, 0.15) is 0 Å². The topological polar surface area (TPSA) is 38.3 Å². The maximum atomic E-state index is 13.3. The first-order chi connectivity index (χ1) is 10.6. The van der Waals surface area contributed by atoms with E-state index < -0.39 is 5.82 Å². The molecule has 0 radical (unpaired) electrons. The van der Waals surface area contributed by atoms with Gasteiger partial charge in [0.15, 0.2) is 11.6 Å². The summed E-state index contributed by atoms with van der Waals surface area (Å²) in [7, 11) is 0. The molecule has 0 aliphatic heterocycles. The molecule has 1 atom stereocenters. The molecule has 2 rings (SSSR count). The molecule has 0 fully saturated rings. The number of benzene rings is 2. The first kappa shape index (κ1) is 16.3. The minimum atomic E-state index is -0.433. The minimum Gasteiger partial charge on any atom is -0.490 e. The molecule has 5 heteroatoms. The van der Waals surface area contributed by atoms with Gasteiger partial charge in [-0.25, -0.2) is 4.39 Å². The van der Waals surface area contributed by atoms with Crippen LogP contribution >= 0.6 is 11.6 Å². The highest BCUT2D eigenvalue weighted by Crippen LogP contribution is 2.17. The molecule has 1 N–H and O–H groups in total. The van der Waals surface area contributed by atoms with Crippen LogP contribution in [-0.2, 0) is 4.79 Å². The lowest BCUT2D eigenvalue weighted by atomic mass is 10.1. The third-order valence-electron chi connectivity index (χ3n) is 3.17. The molecule has 116 valence electrons. The average Bonchev–Trinajstić information content (AvgIpc) is 2.50. The molecule has 22 heavy (non-hydrogen) atoms. The Bertz CT molecular complexity index is 631. The van der Waals surface area contributed by atoms with E-state index in [4.69, 9.17) is 16.3 Å². The number of para-hydroxylation sites is 1. The van der Waals surface area contributed by atoms with E-state index in [1.165, 1.54) is 12.1 Å². The van der Waals surface area contributed by atoms with Crippen LogP contribution in [0.1, 0.15) is 24.9 Å². The van der Waals surface area contributed by atoms with E-state index in [1.54, 1.807) is 24.3 Å². The normalized spacial score (nSPS) is 11.8. The highest BCUT2D eigenvalue weighted by molar-refractivity contribution is 6.30. The highest BCUT2D eigenvalue weighted by atomic mass is 35.5. The largest absolute Gasteiger partial charge is 0.490 e. The zero-order valence-corrected chi connectivity index (χ0v) is 12.9. The second-order valence-electron chi connectivity index (χ2n) is 4.87. The van der Waals surface area contributed by atoms with E-state index in [2.05, 4.69) is 5.32 Å². The molecule has 3 nitrogen and oxygen atoms in total. The van der Waals surface area contributed by atoms with E-state index >= 15 is 0 Å². The maximum Gasteiger partial charge on any atom is 0.223 e. The van der Waals surface area contributed by atoms with Crippen molar-refractivity contribution in [1.29, 1.82) is 0 Å². The van der Waals surface area contributed by atoms with Crippen molar-refractivity contribution in [3.8, 4) is 5.75 Å². The Morgan fingerprint density at radius 1 is 1.23 bits per heavy atom. The SMILES string of the molecule is CC(NC(=O)CCOc1ccccc1F)c1ccc(Cl)cc1. The van der Waals surface area contributed by atoms with Gasteiger partial charge in [-0.15, -0.1) is 0 Å². The average molecular weight is 322 g/mol. The van der Waals surface area contributed by atoms with Crippen LogP contribution in [0.15, 0.2) is 48.5 Å². The van der Waals surface area contributed by atoms with Crippen LogP contribution in [0.25, 0.3) is 0 Å². The van der Waals surface area contributed by atoms with Crippen molar-refractivity contribution in [2.75, 3.05) is 6.61 Å². The molecule has 0 aromatic heterocycles. The fraction of sp³-hybridized carbons (Fsp3) is 0.235. The van der Waals surface area contributed by atoms with Crippen LogP contribution in [0.2, 0.25) is 5.02 Å². The summed E-state index contributed by atoms with van der Waals surface area (Å²) in [5, 5.41) is 3.51. The number of nitrogens with one attached hydrogen (secondary N) is 1. The molecule has 1 amide bonds. The fourth-order valence-corrected chi connectivity index (χ4v) is 2.09. The van der Waals surface area contributed by atoms with E-state index in [0.717, 1.165) is 5.56 Å². The van der Waals surface area contributed by atoms with Crippen molar-refractivity contribution in [3.05, 3.63) is 64.9 Å². The van der Waals surface area contributed by atoms with Crippen LogP contribution in [-0.4, -0.2) is 12.5 Å². The Hall–Kier alpha value is -2.07. The minimum absolute atomic E-state index is 0.125. The quantitative estimate of drug-likeness (QED) is 0.869. The predicted molar refractivity (Wildman–Crippen MR) is 84.5 cm³/mol. The number of carbonyl (C=O) groups is 1. The van der Waals surface area contributed by atoms with Crippen LogP contribution in [0.5, 0.6) is 5.75 Å². The van der Waals surface area contributed by atoms with Crippen molar-refractivity contribution in [2.45, 2.75) is 19.4 Å². The van der Waals surface area contributed by atoms with Gasteiger partial charge in [0.25, 0.3) is 0 Å². The molecule has 1 unspecified atom stereocenters. The summed E-state index contributed by atoms with van der Waals surface area (Å²) < 4.78 is 18.6. The van der Waals surface area contributed by atoms with Gasteiger partial charge in [0, 0.05) is 5.02 Å². The zero-order chi connectivity index (χ0) is 15.9. The van der Waals surface area contributed by atoms with Crippen LogP contribution in [0.3, 0.4) is 0 Å². The number of amides is 1. The Morgan fingerprint density at radius 2 is 1.91 bits per heavy atom. The summed E-state index contributed by atoms with van der Waals surface area (Å²) in [4.78, 5) is 11.9. The first-order valence-electron chi connectivity index (χ1n) is 6.98. The van der Waals surface area contributed by atoms with Gasteiger partial charge in [0.2, 0.25) is 5.91 Å². The van der Waals surface area contributed by atoms with Gasteiger partial charge in [-0.1, -0.05) is 35.9 Å². The Labute approximate surface area is 134 Å². The predicted octanol–water partition coefficient (Wildman–Crippen LogP) is 4.13. The lowest BCUT2D eigenvalue weighted by Gasteiger charge is -2.14. The highest BCUT2D eigenvalue weighted by Gasteiger charge is 2.10. The summed E-state index contributed by atoms with van der Waals surface area (Å²) in [5.41, 5.74) is 0.966. The third kappa shape index (κ3) is 4.74. The smallest absolute Gasteiger partial charge is 0.223 e. The lowest BCUT2D eigenvalue weighted by molar-refractivity contribution is -0.122. The van der Waals surface area contributed by atoms with E-state index in [0.29, 0.717) is 5.02 Å². The Kier molecular flexibility index (Phi) is 5.78. The van der Waals surface area contributed by atoms with Crippen LogP contribution in [0.4, 0.5) is 4.39 Å². The van der Waals surface area contributed by atoms with Crippen molar-refractivity contribution < 1.29 is 13.9 Å². The standard InChI is InChI=1S/C17H17ClFNO2/c1-12(13-6-8-14(18)9-7-13)20-17(21)10-11-22-16-5-3-2-4-15(16)19/h2-9,12H,10-11H2,1H3,(H,20,21). The van der Waals surface area contributed by atoms with Gasteiger partial charge in [-0.3, -0.25) is 4.79 Å². The second kappa shape index (κ2) is 7.80. The summed E-state index contributed by atoms with van der Waals surface area (Å²) in [6, 6.07) is 13.3. The van der Waals surface area contributed by atoms with Crippen molar-refractivity contribution >= 4 is 17.5 Å². The third-order valence-corrected chi connectivity index (χ3v) is 3.42. The molecule has 0 bridgehead atoms. The first-order valence-corrected chi connectivity index (χ1v) is 7.36. The number of hydrogen-bond donors (Lipinski definition) is 1. The molecule has 2 aromatic carbocycles. The molecular formula is C17H17ClFNO2. The number of ether oxygens (including phenoxy) is 1. The summed E-state index contributed by atoms with van der Waals surface area (Å²) in [5.74, 6) is -0.433. The van der Waals surface area contributed by atoms with Gasteiger partial charge in [-0.05, 0) is 36.8 Å². The summed E-state index contributed by atoms with van der Waals surface area (Å²) in [6.07, 6.45) is 0.159. The molecule has 0 saturated carbocycles. The Balaban J connectivity index is 1.78. The Morgan fingerprint density at radius 3 is 2.59 bits per heavy atom. The van der Waals surface area contributed by atoms with Gasteiger partial charge >= 0.3 is 0 Å². The molecular weight excluding hydrogens is 305 g/mol. The molecule has 0 aliphatic carbocycles. The van der Waals surface area contributed by atoms with E-state index in [1.807, 2.05) is 19.1 Å². The number of carbonyl (C=O) groups excluding carboxylic acids is 1. The van der Waals surface area contributed by atoms with Crippen LogP contribution in [0, 0.1) is 5.82 Å². The van der Waals surface area contributed by atoms with Gasteiger partial charge < -0.3 is 10.1 Å². The molecule has 0 spiro atoms. The lowest BCUT2D eigenvalue weighted by Crippen LogP contribution is -2.27. The van der Waals surface area contributed by atoms with Crippen LogP contribution < -0.4 is 10.1 Å². The summed E-state index contributed by atoms with van der Waals surface area (Å²) in [6.45, 7) is 2.01. The second-order valence-corrected chi connectivity index (χ2v) is 5.31. The van der Waals surface area contributed by atoms with Gasteiger partial charge in [-0.2, -0.15) is 0 Å². The van der Waals surface area contributed by atoms with E-state index in [-0.39, 0.29) is 30.7 Å². The van der Waals surface area contributed by atoms with E-state index in [9.17, 15) is 9.18 Å². The fourth-order valence-electron chi connectivity index (χ4n) is 1.96. The molecule has 0 aliphatic rings. The molecule has 0 heterocycles. The monoisotopic (exact) mass is 321 g/mol. The summed E-state index contributed by atoms with van der Waals surface area (Å²) >= 11 is 5.83. The van der Waals surface area contributed by atoms with Crippen molar-refractivity contribution in [1.82, 2.24) is 5.32 Å². The maximum absolute atomic E-state index is 13.3. The van der Waals surface area contributed by atoms with Crippen molar-refractivity contribution in [2.24, 2.45) is 0 Å². The van der Waals surface area contributed by atoms with Crippen molar-refractivity contribution in [3.63, 3.8) is 0 Å². The molecule has 2 aromatic rings. The number of hydrogen-bond acceptors (Lipinski definition) is 2.